The van der Waals surface area contributed by atoms with Crippen molar-refractivity contribution in [2.24, 2.45) is 0 Å². The number of nitrogens with zero attached hydrogens (tertiary/aromatic N) is 2. The van der Waals surface area contributed by atoms with E-state index in [1.807, 2.05) is 43.3 Å². The Hall–Kier alpha value is -1.94. The molecule has 0 unspecified atom stereocenters. The summed E-state index contributed by atoms with van der Waals surface area (Å²) in [5, 5.41) is 13.0. The predicted molar refractivity (Wildman–Crippen MR) is 64.2 cm³/mol. The van der Waals surface area contributed by atoms with E-state index >= 15 is 0 Å². The van der Waals surface area contributed by atoms with Crippen molar-refractivity contribution in [1.82, 2.24) is 10.1 Å². The molecule has 0 radical (unpaired) electrons. The topological polar surface area (TPSA) is 59.2 Å². The molecule has 2 rings (SSSR count). The van der Waals surface area contributed by atoms with Gasteiger partial charge in [0.2, 0.25) is 11.7 Å². The highest BCUT2D eigenvalue weighted by Crippen LogP contribution is 2.17. The van der Waals surface area contributed by atoms with Gasteiger partial charge in [-0.2, -0.15) is 4.98 Å². The van der Waals surface area contributed by atoms with Gasteiger partial charge < -0.3 is 9.63 Å². The van der Waals surface area contributed by atoms with E-state index in [9.17, 15) is 0 Å². The molecular weight excluding hydrogens is 216 g/mol. The summed E-state index contributed by atoms with van der Waals surface area (Å²) in [5.41, 5.74) is 1.69. The van der Waals surface area contributed by atoms with Crippen molar-refractivity contribution in [3.63, 3.8) is 0 Å². The third-order valence-electron chi connectivity index (χ3n) is 2.36. The lowest BCUT2D eigenvalue weighted by molar-refractivity contribution is 0.282. The van der Waals surface area contributed by atoms with E-state index in [4.69, 9.17) is 9.63 Å². The van der Waals surface area contributed by atoms with Crippen LogP contribution in [0.3, 0.4) is 0 Å². The second-order valence-corrected chi connectivity index (χ2v) is 3.64. The first-order valence-corrected chi connectivity index (χ1v) is 5.47. The Morgan fingerprint density at radius 3 is 3.06 bits per heavy atom. The smallest absolute Gasteiger partial charge is 0.230 e. The van der Waals surface area contributed by atoms with Gasteiger partial charge in [-0.15, -0.1) is 0 Å². The number of allylic oxidation sites excluding steroid dienone is 2. The number of hydrogen-bond donors (Lipinski definition) is 1. The minimum atomic E-state index is 0.0110. The van der Waals surface area contributed by atoms with Crippen molar-refractivity contribution >= 4 is 0 Å². The third-order valence-corrected chi connectivity index (χ3v) is 2.36. The molecule has 17 heavy (non-hydrogen) atoms. The zero-order chi connectivity index (χ0) is 12.1. The molecular formula is C13H14N2O2. The maximum atomic E-state index is 9.06. The van der Waals surface area contributed by atoms with E-state index in [-0.39, 0.29) is 6.61 Å². The average molecular weight is 230 g/mol. The van der Waals surface area contributed by atoms with Gasteiger partial charge in [0, 0.05) is 12.0 Å². The summed E-state index contributed by atoms with van der Waals surface area (Å²) in [5.74, 6) is 1.15. The number of aliphatic hydroxyl groups excluding tert-OH is 1. The SMILES string of the molecule is CC=CCc1nc(-c2cccc(CO)c2)no1. The van der Waals surface area contributed by atoms with Gasteiger partial charge >= 0.3 is 0 Å². The summed E-state index contributed by atoms with van der Waals surface area (Å²) < 4.78 is 5.12. The first-order valence-electron chi connectivity index (χ1n) is 5.47. The standard InChI is InChI=1S/C13H14N2O2/c1-2-3-7-12-14-13(15-17-12)11-6-4-5-10(8-11)9-16/h2-6,8,16H,7,9H2,1H3. The van der Waals surface area contributed by atoms with Gasteiger partial charge in [-0.1, -0.05) is 35.5 Å². The van der Waals surface area contributed by atoms with Crippen molar-refractivity contribution in [3.8, 4) is 11.4 Å². The Balaban J connectivity index is 2.23. The number of aliphatic hydroxyl groups is 1. The van der Waals surface area contributed by atoms with Crippen molar-refractivity contribution in [2.75, 3.05) is 0 Å². The molecule has 0 aliphatic rings. The van der Waals surface area contributed by atoms with Crippen molar-refractivity contribution in [3.05, 3.63) is 47.9 Å². The predicted octanol–water partition coefficient (Wildman–Crippen LogP) is 2.35. The van der Waals surface area contributed by atoms with Crippen LogP contribution in [0.1, 0.15) is 18.4 Å². The number of rotatable bonds is 4. The van der Waals surface area contributed by atoms with Crippen molar-refractivity contribution < 1.29 is 9.63 Å². The monoisotopic (exact) mass is 230 g/mol. The van der Waals surface area contributed by atoms with Crippen LogP contribution in [0.4, 0.5) is 0 Å². The van der Waals surface area contributed by atoms with Crippen LogP contribution in [0.5, 0.6) is 0 Å². The molecule has 2 aromatic rings. The highest BCUT2D eigenvalue weighted by atomic mass is 16.5. The molecule has 1 aromatic carbocycles. The van der Waals surface area contributed by atoms with Crippen LogP contribution in [0.2, 0.25) is 0 Å². The summed E-state index contributed by atoms with van der Waals surface area (Å²) in [7, 11) is 0. The van der Waals surface area contributed by atoms with Gasteiger partial charge in [0.25, 0.3) is 0 Å². The number of aromatic nitrogens is 2. The van der Waals surface area contributed by atoms with Gasteiger partial charge in [0.05, 0.1) is 6.61 Å². The van der Waals surface area contributed by atoms with E-state index in [1.54, 1.807) is 0 Å². The fraction of sp³-hybridized carbons (Fsp3) is 0.231. The second kappa shape index (κ2) is 5.41. The maximum Gasteiger partial charge on any atom is 0.230 e. The van der Waals surface area contributed by atoms with E-state index in [1.165, 1.54) is 0 Å². The lowest BCUT2D eigenvalue weighted by Crippen LogP contribution is -1.86. The van der Waals surface area contributed by atoms with Crippen LogP contribution >= 0.6 is 0 Å². The van der Waals surface area contributed by atoms with Crippen molar-refractivity contribution in [1.29, 1.82) is 0 Å². The van der Waals surface area contributed by atoms with Crippen LogP contribution in [-0.4, -0.2) is 15.2 Å². The summed E-state index contributed by atoms with van der Waals surface area (Å²) in [6.45, 7) is 1.96. The molecule has 0 fully saturated rings. The Kier molecular flexibility index (Phi) is 3.67. The van der Waals surface area contributed by atoms with E-state index in [0.29, 0.717) is 18.1 Å². The molecule has 0 bridgehead atoms. The zero-order valence-electron chi connectivity index (χ0n) is 9.63. The fourth-order valence-electron chi connectivity index (χ4n) is 1.48. The van der Waals surface area contributed by atoms with Gasteiger partial charge in [-0.3, -0.25) is 0 Å². The minimum Gasteiger partial charge on any atom is -0.392 e. The highest BCUT2D eigenvalue weighted by Gasteiger charge is 2.07. The first-order chi connectivity index (χ1) is 8.33. The molecule has 1 aromatic heterocycles. The molecule has 0 saturated heterocycles. The summed E-state index contributed by atoms with van der Waals surface area (Å²) >= 11 is 0. The molecule has 1 N–H and O–H groups in total. The Morgan fingerprint density at radius 1 is 1.41 bits per heavy atom. The maximum absolute atomic E-state index is 9.06. The summed E-state index contributed by atoms with van der Waals surface area (Å²) in [6, 6.07) is 7.46. The van der Waals surface area contributed by atoms with Gasteiger partial charge in [0.1, 0.15) is 0 Å². The Morgan fingerprint density at radius 2 is 2.29 bits per heavy atom. The summed E-state index contributed by atoms with van der Waals surface area (Å²) in [6.07, 6.45) is 4.54. The van der Waals surface area contributed by atoms with Crippen LogP contribution in [0, 0.1) is 0 Å². The molecule has 88 valence electrons. The van der Waals surface area contributed by atoms with E-state index in [2.05, 4.69) is 10.1 Å². The lowest BCUT2D eigenvalue weighted by Gasteiger charge is -1.97. The molecule has 4 nitrogen and oxygen atoms in total. The normalized spacial score (nSPS) is 11.2. The second-order valence-electron chi connectivity index (χ2n) is 3.64. The molecule has 0 atom stereocenters. The van der Waals surface area contributed by atoms with Gasteiger partial charge in [-0.25, -0.2) is 0 Å². The lowest BCUT2D eigenvalue weighted by atomic mass is 10.1. The van der Waals surface area contributed by atoms with E-state index in [0.717, 1.165) is 11.1 Å². The van der Waals surface area contributed by atoms with Crippen LogP contribution in [0.15, 0.2) is 40.9 Å². The largest absolute Gasteiger partial charge is 0.392 e. The third kappa shape index (κ3) is 2.79. The van der Waals surface area contributed by atoms with Crippen molar-refractivity contribution in [2.45, 2.75) is 20.0 Å². The van der Waals surface area contributed by atoms with Crippen LogP contribution < -0.4 is 0 Å². The fourth-order valence-corrected chi connectivity index (χ4v) is 1.48. The molecule has 0 aliphatic heterocycles. The molecule has 0 spiro atoms. The highest BCUT2D eigenvalue weighted by molar-refractivity contribution is 5.55. The average Bonchev–Trinajstić information content (AvgIpc) is 2.85. The van der Waals surface area contributed by atoms with Crippen LogP contribution in [-0.2, 0) is 13.0 Å². The zero-order valence-corrected chi connectivity index (χ0v) is 9.63. The summed E-state index contributed by atoms with van der Waals surface area (Å²) in [4.78, 5) is 4.28. The Labute approximate surface area is 99.6 Å². The van der Waals surface area contributed by atoms with Crippen LogP contribution in [0.25, 0.3) is 11.4 Å². The molecule has 4 heteroatoms. The number of benzene rings is 1. The quantitative estimate of drug-likeness (QED) is 0.819. The molecule has 1 heterocycles. The van der Waals surface area contributed by atoms with E-state index < -0.39 is 0 Å². The molecule has 0 saturated carbocycles. The molecule has 0 aliphatic carbocycles. The van der Waals surface area contributed by atoms with Gasteiger partial charge in [-0.05, 0) is 18.6 Å². The minimum absolute atomic E-state index is 0.0110. The Bertz CT molecular complexity index is 518. The first kappa shape index (κ1) is 11.5. The molecule has 0 amide bonds. The number of hydrogen-bond acceptors (Lipinski definition) is 4. The van der Waals surface area contributed by atoms with Gasteiger partial charge in [0.15, 0.2) is 0 Å².